The summed E-state index contributed by atoms with van der Waals surface area (Å²) in [6, 6.07) is 19.3. The van der Waals surface area contributed by atoms with Crippen LogP contribution in [-0.2, 0) is 11.2 Å². The molecule has 0 bridgehead atoms. The number of benzene rings is 2. The quantitative estimate of drug-likeness (QED) is 0.509. The molecule has 0 saturated carbocycles. The van der Waals surface area contributed by atoms with Gasteiger partial charge in [-0.05, 0) is 66.1 Å². The normalized spacial score (nSPS) is 14.9. The van der Waals surface area contributed by atoms with E-state index >= 15 is 0 Å². The number of hydrogen-bond acceptors (Lipinski definition) is 5. The predicted octanol–water partition coefficient (Wildman–Crippen LogP) is 4.72. The van der Waals surface area contributed by atoms with Gasteiger partial charge in [0, 0.05) is 19.0 Å². The largest absolute Gasteiger partial charge is 0.497 e. The number of nitrogens with zero attached hydrogens (tertiary/aromatic N) is 1. The minimum atomic E-state index is -0.169. The van der Waals surface area contributed by atoms with Gasteiger partial charge in [0.25, 0.3) is 5.91 Å². The van der Waals surface area contributed by atoms with Crippen molar-refractivity contribution in [3.63, 3.8) is 0 Å². The van der Waals surface area contributed by atoms with Crippen molar-refractivity contribution in [2.45, 2.75) is 25.3 Å². The van der Waals surface area contributed by atoms with Gasteiger partial charge in [-0.2, -0.15) is 0 Å². The maximum Gasteiger partial charge on any atom is 0.263 e. The van der Waals surface area contributed by atoms with Crippen LogP contribution in [0.4, 0.5) is 0 Å². The zero-order chi connectivity index (χ0) is 23.9. The summed E-state index contributed by atoms with van der Waals surface area (Å²) in [5.41, 5.74) is 2.13. The zero-order valence-electron chi connectivity index (χ0n) is 19.5. The molecule has 4 rings (SSSR count). The summed E-state index contributed by atoms with van der Waals surface area (Å²) < 4.78 is 10.6. The van der Waals surface area contributed by atoms with E-state index in [1.54, 1.807) is 14.2 Å². The Morgan fingerprint density at radius 3 is 2.15 bits per heavy atom. The first-order valence-electron chi connectivity index (χ1n) is 11.5. The molecule has 1 atom stereocenters. The van der Waals surface area contributed by atoms with Crippen LogP contribution in [0.3, 0.4) is 0 Å². The fourth-order valence-electron chi connectivity index (χ4n) is 4.28. The Kier molecular flexibility index (Phi) is 7.85. The van der Waals surface area contributed by atoms with Crippen molar-refractivity contribution in [3.8, 4) is 11.5 Å². The van der Waals surface area contributed by atoms with E-state index in [0.717, 1.165) is 27.5 Å². The molecule has 3 aromatic rings. The van der Waals surface area contributed by atoms with Crippen LogP contribution in [0.1, 0.15) is 39.7 Å². The predicted molar refractivity (Wildman–Crippen MR) is 134 cm³/mol. The number of hydrogen-bond donors (Lipinski definition) is 1. The first-order valence-corrected chi connectivity index (χ1v) is 12.4. The molecule has 1 aliphatic rings. The highest BCUT2D eigenvalue weighted by atomic mass is 32.1. The number of piperidine rings is 1. The Balaban J connectivity index is 1.42. The number of carbonyl (C=O) groups excluding carboxylic acids is 2. The van der Waals surface area contributed by atoms with Crippen LogP contribution in [0, 0.1) is 5.92 Å². The third-order valence-corrected chi connectivity index (χ3v) is 7.18. The Morgan fingerprint density at radius 1 is 0.971 bits per heavy atom. The summed E-state index contributed by atoms with van der Waals surface area (Å²) >= 11 is 1.46. The lowest BCUT2D eigenvalue weighted by molar-refractivity contribution is -0.127. The smallest absolute Gasteiger partial charge is 0.263 e. The summed E-state index contributed by atoms with van der Waals surface area (Å²) in [5.74, 6) is 1.57. The van der Waals surface area contributed by atoms with Crippen molar-refractivity contribution in [1.29, 1.82) is 0 Å². The molecule has 34 heavy (non-hydrogen) atoms. The standard InChI is InChI=1S/C27H30N2O4S/c1-32-22-9-5-19(6-10-22)18-24(20-7-11-23(33-2)12-8-20)28-26(30)21-13-15-29(16-14-21)27(31)25-4-3-17-34-25/h3-12,17,21,24H,13-16,18H2,1-2H3,(H,28,30). The second kappa shape index (κ2) is 11.2. The van der Waals surface area contributed by atoms with E-state index in [-0.39, 0.29) is 23.8 Å². The summed E-state index contributed by atoms with van der Waals surface area (Å²) in [4.78, 5) is 28.5. The van der Waals surface area contributed by atoms with Crippen LogP contribution in [0.25, 0.3) is 0 Å². The number of nitrogens with one attached hydrogen (secondary N) is 1. The van der Waals surface area contributed by atoms with Gasteiger partial charge in [-0.25, -0.2) is 0 Å². The summed E-state index contributed by atoms with van der Waals surface area (Å²) in [6.07, 6.45) is 2.00. The molecule has 1 N–H and O–H groups in total. The van der Waals surface area contributed by atoms with Gasteiger partial charge in [0.15, 0.2) is 0 Å². The van der Waals surface area contributed by atoms with Crippen molar-refractivity contribution in [1.82, 2.24) is 10.2 Å². The van der Waals surface area contributed by atoms with Gasteiger partial charge < -0.3 is 19.7 Å². The average Bonchev–Trinajstić information content (AvgIpc) is 3.43. The minimum absolute atomic E-state index is 0.0394. The Bertz CT molecular complexity index is 1070. The van der Waals surface area contributed by atoms with E-state index in [1.807, 2.05) is 70.9 Å². The first kappa shape index (κ1) is 23.8. The van der Waals surface area contributed by atoms with Crippen LogP contribution in [0.5, 0.6) is 11.5 Å². The van der Waals surface area contributed by atoms with Crippen LogP contribution in [-0.4, -0.2) is 44.0 Å². The van der Waals surface area contributed by atoms with E-state index < -0.39 is 0 Å². The molecule has 6 nitrogen and oxygen atoms in total. The molecule has 1 aromatic heterocycles. The number of rotatable bonds is 8. The van der Waals surface area contributed by atoms with Gasteiger partial charge in [0.1, 0.15) is 11.5 Å². The molecule has 7 heteroatoms. The highest BCUT2D eigenvalue weighted by molar-refractivity contribution is 7.12. The molecule has 2 aromatic carbocycles. The number of carbonyl (C=O) groups is 2. The van der Waals surface area contributed by atoms with E-state index in [0.29, 0.717) is 32.4 Å². The maximum atomic E-state index is 13.2. The van der Waals surface area contributed by atoms with Crippen LogP contribution >= 0.6 is 11.3 Å². The van der Waals surface area contributed by atoms with Crippen molar-refractivity contribution in [3.05, 3.63) is 82.0 Å². The fourth-order valence-corrected chi connectivity index (χ4v) is 4.97. The van der Waals surface area contributed by atoms with Gasteiger partial charge in [-0.15, -0.1) is 11.3 Å². The highest BCUT2D eigenvalue weighted by Crippen LogP contribution is 2.26. The molecule has 1 saturated heterocycles. The van der Waals surface area contributed by atoms with Crippen molar-refractivity contribution < 1.29 is 19.1 Å². The number of ether oxygens (including phenoxy) is 2. The lowest BCUT2D eigenvalue weighted by Crippen LogP contribution is -2.43. The number of likely N-dealkylation sites (tertiary alicyclic amines) is 1. The topological polar surface area (TPSA) is 67.9 Å². The molecular formula is C27H30N2O4S. The van der Waals surface area contributed by atoms with Crippen LogP contribution in [0.15, 0.2) is 66.0 Å². The molecule has 0 aliphatic carbocycles. The molecule has 178 valence electrons. The molecule has 1 aliphatic heterocycles. The SMILES string of the molecule is COc1ccc(CC(NC(=O)C2CCN(C(=O)c3cccs3)CC2)c2ccc(OC)cc2)cc1. The van der Waals surface area contributed by atoms with E-state index in [4.69, 9.17) is 9.47 Å². The summed E-state index contributed by atoms with van der Waals surface area (Å²) in [7, 11) is 3.29. The fraction of sp³-hybridized carbons (Fsp3) is 0.333. The van der Waals surface area contributed by atoms with Gasteiger partial charge in [0.05, 0.1) is 25.1 Å². The maximum absolute atomic E-state index is 13.2. The molecule has 0 radical (unpaired) electrons. The zero-order valence-corrected chi connectivity index (χ0v) is 20.3. The van der Waals surface area contributed by atoms with Crippen molar-refractivity contribution >= 4 is 23.2 Å². The third-order valence-electron chi connectivity index (χ3n) is 6.32. The third kappa shape index (κ3) is 5.78. The second-order valence-corrected chi connectivity index (χ2v) is 9.38. The molecule has 2 amide bonds. The summed E-state index contributed by atoms with van der Waals surface area (Å²) in [5, 5.41) is 5.19. The van der Waals surface area contributed by atoms with Crippen molar-refractivity contribution in [2.24, 2.45) is 5.92 Å². The lowest BCUT2D eigenvalue weighted by Gasteiger charge is -2.32. The molecule has 1 unspecified atom stereocenters. The Hall–Kier alpha value is -3.32. The van der Waals surface area contributed by atoms with E-state index in [9.17, 15) is 9.59 Å². The Morgan fingerprint density at radius 2 is 1.59 bits per heavy atom. The first-order chi connectivity index (χ1) is 16.6. The number of thiophene rings is 1. The monoisotopic (exact) mass is 478 g/mol. The van der Waals surface area contributed by atoms with Gasteiger partial charge in [-0.3, -0.25) is 9.59 Å². The second-order valence-electron chi connectivity index (χ2n) is 8.43. The Labute approximate surface area is 204 Å². The summed E-state index contributed by atoms with van der Waals surface area (Å²) in [6.45, 7) is 1.20. The van der Waals surface area contributed by atoms with Gasteiger partial charge in [0.2, 0.25) is 5.91 Å². The van der Waals surface area contributed by atoms with E-state index in [1.165, 1.54) is 11.3 Å². The average molecular weight is 479 g/mol. The molecule has 0 spiro atoms. The molecular weight excluding hydrogens is 448 g/mol. The van der Waals surface area contributed by atoms with E-state index in [2.05, 4.69) is 5.32 Å². The van der Waals surface area contributed by atoms with Gasteiger partial charge in [-0.1, -0.05) is 30.3 Å². The minimum Gasteiger partial charge on any atom is -0.497 e. The molecule has 2 heterocycles. The van der Waals surface area contributed by atoms with Crippen LogP contribution < -0.4 is 14.8 Å². The lowest BCUT2D eigenvalue weighted by atomic mass is 9.93. The van der Waals surface area contributed by atoms with Gasteiger partial charge >= 0.3 is 0 Å². The highest BCUT2D eigenvalue weighted by Gasteiger charge is 2.29. The van der Waals surface area contributed by atoms with Crippen LogP contribution in [0.2, 0.25) is 0 Å². The number of amides is 2. The molecule has 1 fully saturated rings. The number of methoxy groups -OCH3 is 2. The van der Waals surface area contributed by atoms with Crippen molar-refractivity contribution in [2.75, 3.05) is 27.3 Å².